The normalized spacial score (nSPS) is 10.3. The van der Waals surface area contributed by atoms with Crippen LogP contribution in [0.25, 0.3) is 0 Å². The molecular formula is C17H18ClNO3. The summed E-state index contributed by atoms with van der Waals surface area (Å²) < 4.78 is 10.9. The minimum absolute atomic E-state index is 0.272. The topological polar surface area (TPSA) is 47.6 Å². The second-order valence-corrected chi connectivity index (χ2v) is 4.88. The van der Waals surface area contributed by atoms with Crippen molar-refractivity contribution in [1.82, 2.24) is 0 Å². The van der Waals surface area contributed by atoms with Crippen molar-refractivity contribution in [2.24, 2.45) is 0 Å². The maximum Gasteiger partial charge on any atom is 0.257 e. The Morgan fingerprint density at radius 2 is 1.82 bits per heavy atom. The average molecular weight is 320 g/mol. The van der Waals surface area contributed by atoms with Crippen molar-refractivity contribution in [3.8, 4) is 5.75 Å². The maximum atomic E-state index is 12.3. The number of benzene rings is 2. The molecule has 0 spiro atoms. The van der Waals surface area contributed by atoms with Crippen LogP contribution in [0.3, 0.4) is 0 Å². The zero-order chi connectivity index (χ0) is 15.8. The lowest BCUT2D eigenvalue weighted by atomic mass is 10.2. The number of hydrogen-bond donors (Lipinski definition) is 1. The first kappa shape index (κ1) is 16.3. The Kier molecular flexibility index (Phi) is 6.25. The molecule has 0 aliphatic carbocycles. The van der Waals surface area contributed by atoms with Crippen LogP contribution in [-0.4, -0.2) is 25.7 Å². The van der Waals surface area contributed by atoms with Crippen molar-refractivity contribution in [1.29, 1.82) is 0 Å². The van der Waals surface area contributed by atoms with Gasteiger partial charge in [-0.1, -0.05) is 35.9 Å². The SMILES string of the molecule is CCOCCOc1ccccc1NC(=O)c1ccccc1Cl. The van der Waals surface area contributed by atoms with Crippen LogP contribution < -0.4 is 10.1 Å². The summed E-state index contributed by atoms with van der Waals surface area (Å²) in [5.74, 6) is 0.328. The Morgan fingerprint density at radius 1 is 1.09 bits per heavy atom. The van der Waals surface area contributed by atoms with Gasteiger partial charge in [0.1, 0.15) is 12.4 Å². The smallest absolute Gasteiger partial charge is 0.257 e. The molecule has 5 heteroatoms. The highest BCUT2D eigenvalue weighted by atomic mass is 35.5. The number of nitrogens with one attached hydrogen (secondary N) is 1. The Labute approximate surface area is 135 Å². The lowest BCUT2D eigenvalue weighted by Crippen LogP contribution is -2.14. The molecule has 0 radical (unpaired) electrons. The number of amides is 1. The highest BCUT2D eigenvalue weighted by Gasteiger charge is 2.12. The molecule has 2 aromatic rings. The van der Waals surface area contributed by atoms with E-state index >= 15 is 0 Å². The van der Waals surface area contributed by atoms with Gasteiger partial charge in [-0.15, -0.1) is 0 Å². The standard InChI is InChI=1S/C17H18ClNO3/c1-2-21-11-12-22-16-10-6-5-9-15(16)19-17(20)13-7-3-4-8-14(13)18/h3-10H,2,11-12H2,1H3,(H,19,20). The monoisotopic (exact) mass is 319 g/mol. The second kappa shape index (κ2) is 8.41. The van der Waals surface area contributed by atoms with E-state index in [4.69, 9.17) is 21.1 Å². The van der Waals surface area contributed by atoms with Gasteiger partial charge in [0.05, 0.1) is 22.9 Å². The molecule has 0 aliphatic heterocycles. The summed E-state index contributed by atoms with van der Waals surface area (Å²) in [4.78, 5) is 12.3. The average Bonchev–Trinajstić information content (AvgIpc) is 2.53. The lowest BCUT2D eigenvalue weighted by Gasteiger charge is -2.13. The predicted molar refractivity (Wildman–Crippen MR) is 87.8 cm³/mol. The van der Waals surface area contributed by atoms with Gasteiger partial charge in [0, 0.05) is 6.61 Å². The van der Waals surface area contributed by atoms with E-state index < -0.39 is 0 Å². The van der Waals surface area contributed by atoms with Crippen LogP contribution in [0.1, 0.15) is 17.3 Å². The molecule has 22 heavy (non-hydrogen) atoms. The zero-order valence-electron chi connectivity index (χ0n) is 12.3. The van der Waals surface area contributed by atoms with E-state index in [9.17, 15) is 4.79 Å². The van der Waals surface area contributed by atoms with Crippen LogP contribution in [0.2, 0.25) is 5.02 Å². The number of carbonyl (C=O) groups is 1. The van der Waals surface area contributed by atoms with E-state index in [1.54, 1.807) is 36.4 Å². The number of para-hydroxylation sites is 2. The van der Waals surface area contributed by atoms with Crippen LogP contribution in [0.4, 0.5) is 5.69 Å². The molecule has 4 nitrogen and oxygen atoms in total. The van der Waals surface area contributed by atoms with Gasteiger partial charge in [-0.25, -0.2) is 0 Å². The van der Waals surface area contributed by atoms with Crippen molar-refractivity contribution >= 4 is 23.2 Å². The molecule has 1 N–H and O–H groups in total. The summed E-state index contributed by atoms with van der Waals surface area (Å²) in [5.41, 5.74) is 1.03. The van der Waals surface area contributed by atoms with E-state index in [2.05, 4.69) is 5.32 Å². The highest BCUT2D eigenvalue weighted by molar-refractivity contribution is 6.34. The minimum atomic E-state index is -0.272. The van der Waals surface area contributed by atoms with Gasteiger partial charge in [-0.05, 0) is 31.2 Å². The molecule has 116 valence electrons. The summed E-state index contributed by atoms with van der Waals surface area (Å²) >= 11 is 6.03. The van der Waals surface area contributed by atoms with Crippen LogP contribution in [-0.2, 0) is 4.74 Å². The van der Waals surface area contributed by atoms with E-state index in [1.165, 1.54) is 0 Å². The molecule has 0 fully saturated rings. The third kappa shape index (κ3) is 4.48. The van der Waals surface area contributed by atoms with Crippen LogP contribution >= 0.6 is 11.6 Å². The Bertz CT molecular complexity index is 631. The molecule has 0 saturated carbocycles. The number of halogens is 1. The summed E-state index contributed by atoms with van der Waals surface area (Å²) in [7, 11) is 0. The Balaban J connectivity index is 2.06. The molecule has 0 aliphatic rings. The molecule has 0 heterocycles. The van der Waals surface area contributed by atoms with Crippen LogP contribution in [0.15, 0.2) is 48.5 Å². The fraction of sp³-hybridized carbons (Fsp3) is 0.235. The molecule has 2 rings (SSSR count). The number of rotatable bonds is 7. The summed E-state index contributed by atoms with van der Waals surface area (Å²) in [5, 5.41) is 3.23. The molecule has 1 amide bonds. The molecule has 0 saturated heterocycles. The van der Waals surface area contributed by atoms with Crippen molar-refractivity contribution < 1.29 is 14.3 Å². The van der Waals surface area contributed by atoms with Gasteiger partial charge >= 0.3 is 0 Å². The molecule has 0 atom stereocenters. The van der Waals surface area contributed by atoms with Gasteiger partial charge in [0.25, 0.3) is 5.91 Å². The van der Waals surface area contributed by atoms with Crippen molar-refractivity contribution in [3.05, 3.63) is 59.1 Å². The van der Waals surface area contributed by atoms with Gasteiger partial charge in [0.15, 0.2) is 0 Å². The van der Waals surface area contributed by atoms with E-state index in [0.717, 1.165) is 0 Å². The first-order valence-corrected chi connectivity index (χ1v) is 7.45. The highest BCUT2D eigenvalue weighted by Crippen LogP contribution is 2.25. The van der Waals surface area contributed by atoms with Crippen molar-refractivity contribution in [2.75, 3.05) is 25.1 Å². The van der Waals surface area contributed by atoms with Crippen LogP contribution in [0, 0.1) is 0 Å². The fourth-order valence-electron chi connectivity index (χ4n) is 1.89. The van der Waals surface area contributed by atoms with Crippen molar-refractivity contribution in [2.45, 2.75) is 6.92 Å². The van der Waals surface area contributed by atoms with Crippen LogP contribution in [0.5, 0.6) is 5.75 Å². The first-order chi connectivity index (χ1) is 10.7. The van der Waals surface area contributed by atoms with Gasteiger partial charge in [0.2, 0.25) is 0 Å². The quantitative estimate of drug-likeness (QED) is 0.784. The summed E-state index contributed by atoms with van der Waals surface area (Å²) in [6.07, 6.45) is 0. The van der Waals surface area contributed by atoms with Gasteiger partial charge in [-0.3, -0.25) is 4.79 Å². The molecule has 0 bridgehead atoms. The third-order valence-corrected chi connectivity index (χ3v) is 3.27. The Morgan fingerprint density at radius 3 is 2.59 bits per heavy atom. The maximum absolute atomic E-state index is 12.3. The fourth-order valence-corrected chi connectivity index (χ4v) is 2.11. The zero-order valence-corrected chi connectivity index (χ0v) is 13.1. The lowest BCUT2D eigenvalue weighted by molar-refractivity contribution is 0.102. The van der Waals surface area contributed by atoms with E-state index in [-0.39, 0.29) is 5.91 Å². The molecular weight excluding hydrogens is 302 g/mol. The molecule has 2 aromatic carbocycles. The van der Waals surface area contributed by atoms with E-state index in [0.29, 0.717) is 41.8 Å². The largest absolute Gasteiger partial charge is 0.489 e. The minimum Gasteiger partial charge on any atom is -0.489 e. The number of ether oxygens (including phenoxy) is 2. The Hall–Kier alpha value is -2.04. The van der Waals surface area contributed by atoms with Gasteiger partial charge in [-0.2, -0.15) is 0 Å². The number of hydrogen-bond acceptors (Lipinski definition) is 3. The van der Waals surface area contributed by atoms with Crippen molar-refractivity contribution in [3.63, 3.8) is 0 Å². The van der Waals surface area contributed by atoms with Gasteiger partial charge < -0.3 is 14.8 Å². The summed E-state index contributed by atoms with van der Waals surface area (Å²) in [6, 6.07) is 14.2. The predicted octanol–water partition coefficient (Wildman–Crippen LogP) is 4.01. The van der Waals surface area contributed by atoms with E-state index in [1.807, 2.05) is 19.1 Å². The first-order valence-electron chi connectivity index (χ1n) is 7.08. The third-order valence-electron chi connectivity index (χ3n) is 2.94. The summed E-state index contributed by atoms with van der Waals surface area (Å²) in [6.45, 7) is 3.50. The number of carbonyl (C=O) groups excluding carboxylic acids is 1. The second-order valence-electron chi connectivity index (χ2n) is 4.48. The number of anilines is 1. The molecule has 0 unspecified atom stereocenters. The molecule has 0 aromatic heterocycles.